The molecule has 25 heavy (non-hydrogen) atoms. The molecule has 0 radical (unpaired) electrons. The summed E-state index contributed by atoms with van der Waals surface area (Å²) in [5.41, 5.74) is 4.76. The van der Waals surface area contributed by atoms with Gasteiger partial charge in [-0.05, 0) is 42.3 Å². The van der Waals surface area contributed by atoms with Crippen molar-refractivity contribution in [3.8, 4) is 5.75 Å². The molecular weight excluding hydrogens is 316 g/mol. The maximum atomic E-state index is 12.2. The van der Waals surface area contributed by atoms with Crippen molar-refractivity contribution in [1.29, 1.82) is 0 Å². The zero-order chi connectivity index (χ0) is 18.0. The van der Waals surface area contributed by atoms with Crippen molar-refractivity contribution in [3.05, 3.63) is 53.1 Å². The molecule has 0 aliphatic carbocycles. The van der Waals surface area contributed by atoms with Crippen molar-refractivity contribution in [2.75, 3.05) is 30.9 Å². The molecule has 0 fully saturated rings. The summed E-state index contributed by atoms with van der Waals surface area (Å²) in [6.45, 7) is 2.38. The number of fused-ring (bicyclic) bond motifs is 1. The molecule has 1 unspecified atom stereocenters. The van der Waals surface area contributed by atoms with Gasteiger partial charge in [0.2, 0.25) is 5.91 Å². The van der Waals surface area contributed by atoms with Gasteiger partial charge in [-0.2, -0.15) is 0 Å². The van der Waals surface area contributed by atoms with Crippen LogP contribution < -0.4 is 15.0 Å². The van der Waals surface area contributed by atoms with Crippen molar-refractivity contribution < 1.29 is 14.6 Å². The molecule has 0 saturated heterocycles. The Balaban J connectivity index is 2.02. The SMILES string of the molecule is CCOc1ccc(C2CC(=O)Nc3cc(N(C)C)ccc32)cc1CO. The van der Waals surface area contributed by atoms with Gasteiger partial charge in [0.05, 0.1) is 13.2 Å². The third-order valence-electron chi connectivity index (χ3n) is 4.55. The summed E-state index contributed by atoms with van der Waals surface area (Å²) < 4.78 is 5.56. The van der Waals surface area contributed by atoms with Crippen LogP contribution in [0.15, 0.2) is 36.4 Å². The predicted octanol–water partition coefficient (Wildman–Crippen LogP) is 3.12. The van der Waals surface area contributed by atoms with Crippen LogP contribution in [0, 0.1) is 0 Å². The summed E-state index contributed by atoms with van der Waals surface area (Å²) in [4.78, 5) is 14.2. The van der Waals surface area contributed by atoms with Crippen molar-refractivity contribution in [2.24, 2.45) is 0 Å². The van der Waals surface area contributed by atoms with E-state index in [1.54, 1.807) is 0 Å². The smallest absolute Gasteiger partial charge is 0.225 e. The lowest BCUT2D eigenvalue weighted by Crippen LogP contribution is -2.24. The van der Waals surface area contributed by atoms with Crippen LogP contribution in [-0.2, 0) is 11.4 Å². The molecule has 5 heteroatoms. The molecular formula is C20H24N2O3. The Morgan fingerprint density at radius 2 is 2.04 bits per heavy atom. The van der Waals surface area contributed by atoms with Crippen LogP contribution in [0.25, 0.3) is 0 Å². The highest BCUT2D eigenvalue weighted by atomic mass is 16.5. The summed E-state index contributed by atoms with van der Waals surface area (Å²) in [6.07, 6.45) is 0.396. The van der Waals surface area contributed by atoms with Crippen LogP contribution >= 0.6 is 0 Å². The van der Waals surface area contributed by atoms with Crippen LogP contribution in [0.5, 0.6) is 5.75 Å². The van der Waals surface area contributed by atoms with E-state index in [1.807, 2.05) is 50.2 Å². The Kier molecular flexibility index (Phi) is 4.95. The molecule has 1 amide bonds. The lowest BCUT2D eigenvalue weighted by atomic mass is 9.84. The van der Waals surface area contributed by atoms with E-state index < -0.39 is 0 Å². The molecule has 5 nitrogen and oxygen atoms in total. The van der Waals surface area contributed by atoms with Gasteiger partial charge in [0.15, 0.2) is 0 Å². The Bertz CT molecular complexity index is 787. The number of benzene rings is 2. The average molecular weight is 340 g/mol. The van der Waals surface area contributed by atoms with Crippen molar-refractivity contribution in [1.82, 2.24) is 0 Å². The highest BCUT2D eigenvalue weighted by Gasteiger charge is 2.27. The third kappa shape index (κ3) is 3.46. The lowest BCUT2D eigenvalue weighted by molar-refractivity contribution is -0.116. The molecule has 0 spiro atoms. The van der Waals surface area contributed by atoms with Crippen molar-refractivity contribution in [3.63, 3.8) is 0 Å². The van der Waals surface area contributed by atoms with Crippen LogP contribution in [0.3, 0.4) is 0 Å². The van der Waals surface area contributed by atoms with Gasteiger partial charge in [-0.25, -0.2) is 0 Å². The first-order valence-electron chi connectivity index (χ1n) is 8.51. The molecule has 0 saturated carbocycles. The number of ether oxygens (including phenoxy) is 1. The number of aliphatic hydroxyl groups is 1. The highest BCUT2D eigenvalue weighted by Crippen LogP contribution is 2.39. The summed E-state index contributed by atoms with van der Waals surface area (Å²) in [7, 11) is 3.95. The number of nitrogens with one attached hydrogen (secondary N) is 1. The van der Waals surface area contributed by atoms with Crippen LogP contribution in [0.1, 0.15) is 36.0 Å². The quantitative estimate of drug-likeness (QED) is 0.878. The molecule has 132 valence electrons. The van der Waals surface area contributed by atoms with Gasteiger partial charge in [-0.1, -0.05) is 12.1 Å². The van der Waals surface area contributed by atoms with E-state index in [0.717, 1.165) is 28.1 Å². The molecule has 2 N–H and O–H groups in total. The molecule has 2 aromatic rings. The first-order chi connectivity index (χ1) is 12.0. The van der Waals surface area contributed by atoms with Crippen LogP contribution in [0.2, 0.25) is 0 Å². The predicted molar refractivity (Wildman–Crippen MR) is 99.4 cm³/mol. The monoisotopic (exact) mass is 340 g/mol. The van der Waals surface area contributed by atoms with E-state index in [9.17, 15) is 9.90 Å². The zero-order valence-electron chi connectivity index (χ0n) is 14.9. The lowest BCUT2D eigenvalue weighted by Gasteiger charge is -2.28. The molecule has 1 aliphatic rings. The van der Waals surface area contributed by atoms with E-state index in [2.05, 4.69) is 17.4 Å². The van der Waals surface area contributed by atoms with Crippen LogP contribution in [-0.4, -0.2) is 31.7 Å². The summed E-state index contributed by atoms with van der Waals surface area (Å²) in [5.74, 6) is 0.672. The topological polar surface area (TPSA) is 61.8 Å². The van der Waals surface area contributed by atoms with Gasteiger partial charge in [0, 0.05) is 43.4 Å². The number of hydrogen-bond acceptors (Lipinski definition) is 4. The fourth-order valence-electron chi connectivity index (χ4n) is 3.26. The number of nitrogens with zero attached hydrogens (tertiary/aromatic N) is 1. The van der Waals surface area contributed by atoms with E-state index in [-0.39, 0.29) is 18.4 Å². The normalized spacial score (nSPS) is 16.2. The minimum atomic E-state index is -0.0888. The van der Waals surface area contributed by atoms with Gasteiger partial charge in [-0.15, -0.1) is 0 Å². The Morgan fingerprint density at radius 1 is 1.24 bits per heavy atom. The Labute approximate surface area is 148 Å². The molecule has 1 aliphatic heterocycles. The second-order valence-electron chi connectivity index (χ2n) is 6.43. The van der Waals surface area contributed by atoms with E-state index in [0.29, 0.717) is 18.8 Å². The molecule has 1 heterocycles. The number of hydrogen-bond donors (Lipinski definition) is 2. The highest BCUT2D eigenvalue weighted by molar-refractivity contribution is 5.96. The summed E-state index contributed by atoms with van der Waals surface area (Å²) in [6, 6.07) is 11.9. The maximum Gasteiger partial charge on any atom is 0.225 e. The third-order valence-corrected chi connectivity index (χ3v) is 4.55. The second-order valence-corrected chi connectivity index (χ2v) is 6.43. The fraction of sp³-hybridized carbons (Fsp3) is 0.350. The Morgan fingerprint density at radius 3 is 2.72 bits per heavy atom. The maximum absolute atomic E-state index is 12.2. The number of amides is 1. The average Bonchev–Trinajstić information content (AvgIpc) is 2.61. The first-order valence-corrected chi connectivity index (χ1v) is 8.51. The molecule has 2 aromatic carbocycles. The van der Waals surface area contributed by atoms with Gasteiger partial charge in [-0.3, -0.25) is 4.79 Å². The number of rotatable bonds is 5. The van der Waals surface area contributed by atoms with Crippen LogP contribution in [0.4, 0.5) is 11.4 Å². The minimum Gasteiger partial charge on any atom is -0.494 e. The first kappa shape index (κ1) is 17.3. The van der Waals surface area contributed by atoms with Crippen molar-refractivity contribution in [2.45, 2.75) is 25.9 Å². The van der Waals surface area contributed by atoms with Crippen molar-refractivity contribution >= 4 is 17.3 Å². The van der Waals surface area contributed by atoms with Gasteiger partial charge >= 0.3 is 0 Å². The molecule has 0 aromatic heterocycles. The van der Waals surface area contributed by atoms with Gasteiger partial charge in [0.25, 0.3) is 0 Å². The standard InChI is InChI=1S/C20H24N2O3/c1-4-25-19-8-5-13(9-14(19)12-23)17-11-20(24)21-18-10-15(22(2)3)6-7-16(17)18/h5-10,17,23H,4,11-12H2,1-3H3,(H,21,24). The number of aliphatic hydroxyl groups excluding tert-OH is 1. The van der Waals surface area contributed by atoms with E-state index in [4.69, 9.17) is 4.74 Å². The number of carbonyl (C=O) groups is 1. The van der Waals surface area contributed by atoms with Gasteiger partial charge < -0.3 is 20.1 Å². The Hall–Kier alpha value is -2.53. The molecule has 0 bridgehead atoms. The molecule has 1 atom stereocenters. The fourth-order valence-corrected chi connectivity index (χ4v) is 3.26. The minimum absolute atomic E-state index is 0.00726. The van der Waals surface area contributed by atoms with Gasteiger partial charge in [0.1, 0.15) is 5.75 Å². The molecule has 3 rings (SSSR count). The summed E-state index contributed by atoms with van der Waals surface area (Å²) in [5, 5.41) is 12.6. The summed E-state index contributed by atoms with van der Waals surface area (Å²) >= 11 is 0. The second kappa shape index (κ2) is 7.15. The number of carbonyl (C=O) groups excluding carboxylic acids is 1. The van der Waals surface area contributed by atoms with E-state index >= 15 is 0 Å². The largest absolute Gasteiger partial charge is 0.494 e. The van der Waals surface area contributed by atoms with E-state index in [1.165, 1.54) is 0 Å². The number of anilines is 2. The zero-order valence-corrected chi connectivity index (χ0v) is 14.9.